The maximum absolute atomic E-state index is 14.1. The van der Waals surface area contributed by atoms with Gasteiger partial charge >= 0.3 is 0 Å². The predicted molar refractivity (Wildman–Crippen MR) is 97.3 cm³/mol. The number of likely N-dealkylation sites (tertiary alicyclic amines) is 1. The van der Waals surface area contributed by atoms with Crippen LogP contribution in [0.5, 0.6) is 0 Å². The van der Waals surface area contributed by atoms with Crippen LogP contribution in [0.25, 0.3) is 0 Å². The smallest absolute Gasteiger partial charge is 0.276 e. The van der Waals surface area contributed by atoms with Crippen molar-refractivity contribution in [1.82, 2.24) is 4.90 Å². The lowest BCUT2D eigenvalue weighted by Gasteiger charge is -2.17. The Morgan fingerprint density at radius 3 is 2.52 bits per heavy atom. The lowest BCUT2D eigenvalue weighted by atomic mass is 9.89. The first kappa shape index (κ1) is 19.3. The van der Waals surface area contributed by atoms with E-state index in [9.17, 15) is 14.5 Å². The highest BCUT2D eigenvalue weighted by molar-refractivity contribution is 5.85. The Bertz CT molecular complexity index is 730. The molecule has 0 amide bonds. The van der Waals surface area contributed by atoms with Crippen LogP contribution in [-0.2, 0) is 6.54 Å². The molecule has 2 aromatic rings. The number of hydrogen-bond donors (Lipinski definition) is 1. The van der Waals surface area contributed by atoms with Crippen molar-refractivity contribution in [2.24, 2.45) is 11.7 Å². The fourth-order valence-electron chi connectivity index (χ4n) is 3.50. The van der Waals surface area contributed by atoms with Crippen molar-refractivity contribution < 1.29 is 9.31 Å². The van der Waals surface area contributed by atoms with E-state index in [2.05, 4.69) is 17.0 Å². The van der Waals surface area contributed by atoms with Gasteiger partial charge in [0.15, 0.2) is 0 Å². The van der Waals surface area contributed by atoms with Crippen molar-refractivity contribution in [3.8, 4) is 0 Å². The van der Waals surface area contributed by atoms with Gasteiger partial charge in [-0.2, -0.15) is 0 Å². The van der Waals surface area contributed by atoms with Crippen molar-refractivity contribution in [2.75, 3.05) is 19.6 Å². The number of nitrogens with two attached hydrogens (primary N) is 1. The molecule has 7 heteroatoms. The molecule has 0 unspecified atom stereocenters. The van der Waals surface area contributed by atoms with Crippen molar-refractivity contribution >= 4 is 18.1 Å². The fourth-order valence-corrected chi connectivity index (χ4v) is 3.50. The monoisotopic (exact) mass is 365 g/mol. The Morgan fingerprint density at radius 1 is 1.16 bits per heavy atom. The van der Waals surface area contributed by atoms with Crippen LogP contribution in [0, 0.1) is 21.8 Å². The molecule has 0 aromatic heterocycles. The molecule has 0 radical (unpaired) electrons. The summed E-state index contributed by atoms with van der Waals surface area (Å²) in [7, 11) is 0. The van der Waals surface area contributed by atoms with Gasteiger partial charge in [-0.15, -0.1) is 12.4 Å². The predicted octanol–water partition coefficient (Wildman–Crippen LogP) is 3.33. The maximum atomic E-state index is 14.1. The third-order valence-corrected chi connectivity index (χ3v) is 4.72. The average Bonchev–Trinajstić information content (AvgIpc) is 3.00. The normalized spacial score (nSPS) is 20.2. The third kappa shape index (κ3) is 4.15. The molecule has 25 heavy (non-hydrogen) atoms. The summed E-state index contributed by atoms with van der Waals surface area (Å²) in [6, 6.07) is 14.1. The van der Waals surface area contributed by atoms with E-state index >= 15 is 0 Å². The Labute approximate surface area is 152 Å². The zero-order chi connectivity index (χ0) is 17.1. The van der Waals surface area contributed by atoms with Gasteiger partial charge in [0.1, 0.15) is 5.82 Å². The molecule has 1 aliphatic rings. The molecular weight excluding hydrogens is 345 g/mol. The van der Waals surface area contributed by atoms with Crippen molar-refractivity contribution in [2.45, 2.75) is 12.5 Å². The molecule has 1 aliphatic heterocycles. The summed E-state index contributed by atoms with van der Waals surface area (Å²) >= 11 is 0. The fraction of sp³-hybridized carbons (Fsp3) is 0.333. The molecular formula is C18H21ClFN3O2. The minimum atomic E-state index is -0.531. The minimum absolute atomic E-state index is 0. The summed E-state index contributed by atoms with van der Waals surface area (Å²) in [5.74, 6) is -0.00285. The van der Waals surface area contributed by atoms with Gasteiger partial charge in [0, 0.05) is 31.6 Å². The molecule has 0 spiro atoms. The topological polar surface area (TPSA) is 72.4 Å². The first-order valence-corrected chi connectivity index (χ1v) is 7.99. The molecule has 1 heterocycles. The number of nitro groups is 1. The van der Waals surface area contributed by atoms with Crippen LogP contribution >= 0.6 is 12.4 Å². The van der Waals surface area contributed by atoms with Gasteiger partial charge < -0.3 is 5.73 Å². The second-order valence-corrected chi connectivity index (χ2v) is 6.20. The van der Waals surface area contributed by atoms with E-state index in [-0.39, 0.29) is 42.0 Å². The third-order valence-electron chi connectivity index (χ3n) is 4.72. The molecule has 134 valence electrons. The first-order chi connectivity index (χ1) is 11.6. The van der Waals surface area contributed by atoms with Crippen LogP contribution in [0.15, 0.2) is 48.5 Å². The van der Waals surface area contributed by atoms with Crippen LogP contribution in [0.3, 0.4) is 0 Å². The number of benzene rings is 2. The number of nitro benzene ring substituents is 1. The molecule has 5 nitrogen and oxygen atoms in total. The van der Waals surface area contributed by atoms with Gasteiger partial charge in [-0.05, 0) is 24.1 Å². The van der Waals surface area contributed by atoms with Gasteiger partial charge in [-0.3, -0.25) is 15.0 Å². The summed E-state index contributed by atoms with van der Waals surface area (Å²) in [6.45, 7) is 2.19. The number of hydrogen-bond acceptors (Lipinski definition) is 4. The van der Waals surface area contributed by atoms with E-state index in [1.54, 1.807) is 0 Å². The van der Waals surface area contributed by atoms with E-state index in [1.165, 1.54) is 23.8 Å². The highest BCUT2D eigenvalue weighted by Crippen LogP contribution is 2.34. The molecule has 0 aliphatic carbocycles. The van der Waals surface area contributed by atoms with Gasteiger partial charge in [-0.25, -0.2) is 4.39 Å². The molecule has 0 bridgehead atoms. The number of nitrogens with zero attached hydrogens (tertiary/aromatic N) is 2. The van der Waals surface area contributed by atoms with Gasteiger partial charge in [-0.1, -0.05) is 36.4 Å². The Hall–Kier alpha value is -2.02. The second kappa shape index (κ2) is 8.38. The Morgan fingerprint density at radius 2 is 1.88 bits per heavy atom. The van der Waals surface area contributed by atoms with Crippen LogP contribution in [0.1, 0.15) is 17.0 Å². The van der Waals surface area contributed by atoms with Crippen LogP contribution in [0.4, 0.5) is 10.1 Å². The van der Waals surface area contributed by atoms with Crippen LogP contribution in [0.2, 0.25) is 0 Å². The van der Waals surface area contributed by atoms with Crippen molar-refractivity contribution in [3.05, 3.63) is 75.6 Å². The molecule has 1 saturated heterocycles. The van der Waals surface area contributed by atoms with E-state index < -0.39 is 10.7 Å². The minimum Gasteiger partial charge on any atom is -0.330 e. The standard InChI is InChI=1S/C18H20FN3O2.ClH/c19-17-7-4-8-18(22(23)24)16(17)12-21-10-14(9-20)15(11-21)13-5-2-1-3-6-13;/h1-8,14-15H,9-12,20H2;1H/t14-,15+;/m1./s1. The van der Waals surface area contributed by atoms with Gasteiger partial charge in [0.05, 0.1) is 10.5 Å². The summed E-state index contributed by atoms with van der Waals surface area (Å²) < 4.78 is 14.1. The highest BCUT2D eigenvalue weighted by Gasteiger charge is 2.34. The van der Waals surface area contributed by atoms with Crippen molar-refractivity contribution in [3.63, 3.8) is 0 Å². The summed E-state index contributed by atoms with van der Waals surface area (Å²) in [5, 5.41) is 11.2. The molecule has 2 N–H and O–H groups in total. The molecule has 0 saturated carbocycles. The van der Waals surface area contributed by atoms with E-state index in [4.69, 9.17) is 5.73 Å². The van der Waals surface area contributed by atoms with E-state index in [0.717, 1.165) is 6.54 Å². The SMILES string of the molecule is Cl.NC[C@@H]1CN(Cc2c(F)cccc2[N+](=O)[O-])C[C@H]1c1ccccc1. The lowest BCUT2D eigenvalue weighted by molar-refractivity contribution is -0.385. The van der Waals surface area contributed by atoms with Crippen LogP contribution < -0.4 is 5.73 Å². The quantitative estimate of drug-likeness (QED) is 0.651. The molecule has 1 fully saturated rings. The second-order valence-electron chi connectivity index (χ2n) is 6.20. The van der Waals surface area contributed by atoms with Gasteiger partial charge in [0.25, 0.3) is 5.69 Å². The number of halogens is 2. The zero-order valence-electron chi connectivity index (χ0n) is 13.7. The van der Waals surface area contributed by atoms with E-state index in [1.807, 2.05) is 18.2 Å². The molecule has 2 aromatic carbocycles. The highest BCUT2D eigenvalue weighted by atomic mass is 35.5. The van der Waals surface area contributed by atoms with Gasteiger partial charge in [0.2, 0.25) is 0 Å². The lowest BCUT2D eigenvalue weighted by Crippen LogP contribution is -2.24. The maximum Gasteiger partial charge on any atom is 0.276 e. The Kier molecular flexibility index (Phi) is 6.47. The molecule has 2 atom stereocenters. The van der Waals surface area contributed by atoms with Crippen molar-refractivity contribution in [1.29, 1.82) is 0 Å². The zero-order valence-corrected chi connectivity index (χ0v) is 14.5. The first-order valence-electron chi connectivity index (χ1n) is 7.99. The summed E-state index contributed by atoms with van der Waals surface area (Å²) in [5.41, 5.74) is 7.10. The van der Waals surface area contributed by atoms with E-state index in [0.29, 0.717) is 13.1 Å². The largest absolute Gasteiger partial charge is 0.330 e. The molecule has 3 rings (SSSR count). The number of rotatable bonds is 5. The Balaban J connectivity index is 0.00000225. The summed E-state index contributed by atoms with van der Waals surface area (Å²) in [6.07, 6.45) is 0. The average molecular weight is 366 g/mol. The van der Waals surface area contributed by atoms with Crippen LogP contribution in [-0.4, -0.2) is 29.5 Å². The summed E-state index contributed by atoms with van der Waals surface area (Å²) in [4.78, 5) is 12.7.